The standard InChI is InChI=1S/C9H17N3O2/c1-4-6(2)8(10)9-11-7(5-13-3)12-14-9/h6,8H,4-5,10H2,1-3H3/t6-,8-/m0/s1. The average molecular weight is 199 g/mol. The normalized spacial score (nSPS) is 15.4. The summed E-state index contributed by atoms with van der Waals surface area (Å²) in [4.78, 5) is 4.14. The third-order valence-corrected chi connectivity index (χ3v) is 2.30. The predicted molar refractivity (Wildman–Crippen MR) is 51.4 cm³/mol. The van der Waals surface area contributed by atoms with Crippen molar-refractivity contribution in [1.82, 2.24) is 10.1 Å². The Morgan fingerprint density at radius 2 is 2.29 bits per heavy atom. The second kappa shape index (κ2) is 5.07. The molecule has 0 aliphatic carbocycles. The van der Waals surface area contributed by atoms with Gasteiger partial charge in [0, 0.05) is 7.11 Å². The number of hydrogen-bond donors (Lipinski definition) is 1. The maximum absolute atomic E-state index is 5.92. The lowest BCUT2D eigenvalue weighted by Gasteiger charge is -2.12. The van der Waals surface area contributed by atoms with Crippen LogP contribution in [0.25, 0.3) is 0 Å². The molecule has 0 amide bonds. The van der Waals surface area contributed by atoms with Crippen LogP contribution in [-0.4, -0.2) is 17.3 Å². The van der Waals surface area contributed by atoms with Crippen LogP contribution in [0.5, 0.6) is 0 Å². The van der Waals surface area contributed by atoms with Gasteiger partial charge in [0.15, 0.2) is 5.82 Å². The number of nitrogens with zero attached hydrogens (tertiary/aromatic N) is 2. The molecule has 0 saturated carbocycles. The molecule has 1 heterocycles. The molecule has 2 N–H and O–H groups in total. The highest BCUT2D eigenvalue weighted by Gasteiger charge is 2.19. The van der Waals surface area contributed by atoms with Gasteiger partial charge >= 0.3 is 0 Å². The summed E-state index contributed by atoms with van der Waals surface area (Å²) >= 11 is 0. The fraction of sp³-hybridized carbons (Fsp3) is 0.778. The van der Waals surface area contributed by atoms with Crippen LogP contribution < -0.4 is 5.73 Å². The highest BCUT2D eigenvalue weighted by Crippen LogP contribution is 2.19. The zero-order valence-corrected chi connectivity index (χ0v) is 8.86. The van der Waals surface area contributed by atoms with Gasteiger partial charge in [0.25, 0.3) is 0 Å². The minimum absolute atomic E-state index is 0.182. The second-order valence-corrected chi connectivity index (χ2v) is 3.39. The van der Waals surface area contributed by atoms with Gasteiger partial charge in [-0.05, 0) is 5.92 Å². The molecule has 1 aromatic rings. The van der Waals surface area contributed by atoms with Crippen LogP contribution in [-0.2, 0) is 11.3 Å². The van der Waals surface area contributed by atoms with Crippen LogP contribution in [0.4, 0.5) is 0 Å². The summed E-state index contributed by atoms with van der Waals surface area (Å²) in [5, 5.41) is 3.75. The van der Waals surface area contributed by atoms with Crippen molar-refractivity contribution in [3.05, 3.63) is 11.7 Å². The number of aromatic nitrogens is 2. The highest BCUT2D eigenvalue weighted by molar-refractivity contribution is 4.92. The SMILES string of the molecule is CC[C@H](C)[C@H](N)c1nc(COC)no1. The molecule has 5 heteroatoms. The van der Waals surface area contributed by atoms with Gasteiger partial charge in [-0.25, -0.2) is 0 Å². The van der Waals surface area contributed by atoms with Crippen molar-refractivity contribution in [3.8, 4) is 0 Å². The van der Waals surface area contributed by atoms with Crippen LogP contribution >= 0.6 is 0 Å². The van der Waals surface area contributed by atoms with E-state index >= 15 is 0 Å². The Hall–Kier alpha value is -0.940. The molecular weight excluding hydrogens is 182 g/mol. The first kappa shape index (κ1) is 11.1. The summed E-state index contributed by atoms with van der Waals surface area (Å²) in [6, 6.07) is -0.182. The first-order valence-corrected chi connectivity index (χ1v) is 4.76. The Labute approximate surface area is 83.6 Å². The van der Waals surface area contributed by atoms with Gasteiger partial charge in [0.2, 0.25) is 5.89 Å². The Balaban J connectivity index is 2.65. The number of methoxy groups -OCH3 is 1. The summed E-state index contributed by atoms with van der Waals surface area (Å²) in [7, 11) is 1.59. The van der Waals surface area contributed by atoms with Gasteiger partial charge in [-0.15, -0.1) is 0 Å². The Kier molecular flexibility index (Phi) is 4.03. The molecule has 0 bridgehead atoms. The quantitative estimate of drug-likeness (QED) is 0.772. The molecule has 0 radical (unpaired) electrons. The Bertz CT molecular complexity index is 275. The number of nitrogens with two attached hydrogens (primary N) is 1. The van der Waals surface area contributed by atoms with E-state index < -0.39 is 0 Å². The number of rotatable bonds is 5. The van der Waals surface area contributed by atoms with Crippen molar-refractivity contribution >= 4 is 0 Å². The molecule has 0 saturated heterocycles. The summed E-state index contributed by atoms with van der Waals surface area (Å²) in [6.45, 7) is 4.50. The van der Waals surface area contributed by atoms with Crippen molar-refractivity contribution < 1.29 is 9.26 Å². The maximum atomic E-state index is 5.92. The van der Waals surface area contributed by atoms with E-state index in [0.717, 1.165) is 6.42 Å². The van der Waals surface area contributed by atoms with Crippen molar-refractivity contribution in [3.63, 3.8) is 0 Å². The van der Waals surface area contributed by atoms with Gasteiger partial charge in [-0.3, -0.25) is 0 Å². The van der Waals surface area contributed by atoms with E-state index in [2.05, 4.69) is 24.0 Å². The lowest BCUT2D eigenvalue weighted by Crippen LogP contribution is -2.18. The molecule has 0 aromatic carbocycles. The van der Waals surface area contributed by atoms with E-state index in [0.29, 0.717) is 24.2 Å². The van der Waals surface area contributed by atoms with E-state index in [-0.39, 0.29) is 6.04 Å². The Morgan fingerprint density at radius 3 is 2.86 bits per heavy atom. The molecule has 80 valence electrons. The largest absolute Gasteiger partial charge is 0.377 e. The van der Waals surface area contributed by atoms with Crippen molar-refractivity contribution in [2.75, 3.05) is 7.11 Å². The van der Waals surface area contributed by atoms with E-state index in [1.807, 2.05) is 0 Å². The predicted octanol–water partition coefficient (Wildman–Crippen LogP) is 1.26. The minimum atomic E-state index is -0.182. The second-order valence-electron chi connectivity index (χ2n) is 3.39. The summed E-state index contributed by atoms with van der Waals surface area (Å²) in [6.07, 6.45) is 0.989. The van der Waals surface area contributed by atoms with Crippen molar-refractivity contribution in [2.45, 2.75) is 32.9 Å². The lowest BCUT2D eigenvalue weighted by atomic mass is 10.0. The van der Waals surface area contributed by atoms with Crippen LogP contribution in [0, 0.1) is 5.92 Å². The topological polar surface area (TPSA) is 74.2 Å². The fourth-order valence-electron chi connectivity index (χ4n) is 1.09. The average Bonchev–Trinajstić information content (AvgIpc) is 2.64. The summed E-state index contributed by atoms with van der Waals surface area (Å²) in [5.74, 6) is 1.37. The zero-order valence-electron chi connectivity index (χ0n) is 8.86. The Morgan fingerprint density at radius 1 is 1.57 bits per heavy atom. The third kappa shape index (κ3) is 2.52. The zero-order chi connectivity index (χ0) is 10.6. The van der Waals surface area contributed by atoms with E-state index in [1.54, 1.807) is 7.11 Å². The minimum Gasteiger partial charge on any atom is -0.377 e. The van der Waals surface area contributed by atoms with Crippen LogP contribution in [0.3, 0.4) is 0 Å². The molecule has 0 unspecified atom stereocenters. The van der Waals surface area contributed by atoms with Gasteiger partial charge < -0.3 is 15.0 Å². The molecular formula is C9H17N3O2. The van der Waals surface area contributed by atoms with Crippen LogP contribution in [0.15, 0.2) is 4.52 Å². The third-order valence-electron chi connectivity index (χ3n) is 2.30. The molecule has 0 aliphatic rings. The van der Waals surface area contributed by atoms with Crippen molar-refractivity contribution in [2.24, 2.45) is 11.7 Å². The highest BCUT2D eigenvalue weighted by atomic mass is 16.5. The van der Waals surface area contributed by atoms with E-state index in [1.165, 1.54) is 0 Å². The van der Waals surface area contributed by atoms with Gasteiger partial charge in [0.1, 0.15) is 6.61 Å². The van der Waals surface area contributed by atoms with Gasteiger partial charge in [-0.2, -0.15) is 4.98 Å². The molecule has 0 spiro atoms. The number of hydrogen-bond acceptors (Lipinski definition) is 5. The molecule has 2 atom stereocenters. The molecule has 1 rings (SSSR count). The van der Waals surface area contributed by atoms with E-state index in [4.69, 9.17) is 15.0 Å². The van der Waals surface area contributed by atoms with E-state index in [9.17, 15) is 0 Å². The first-order chi connectivity index (χ1) is 6.69. The molecule has 1 aromatic heterocycles. The maximum Gasteiger partial charge on any atom is 0.243 e. The lowest BCUT2D eigenvalue weighted by molar-refractivity contribution is 0.174. The van der Waals surface area contributed by atoms with Gasteiger partial charge in [0.05, 0.1) is 6.04 Å². The number of ether oxygens (including phenoxy) is 1. The van der Waals surface area contributed by atoms with Crippen LogP contribution in [0.1, 0.15) is 38.0 Å². The first-order valence-electron chi connectivity index (χ1n) is 4.76. The van der Waals surface area contributed by atoms with Gasteiger partial charge in [-0.1, -0.05) is 25.4 Å². The van der Waals surface area contributed by atoms with Crippen molar-refractivity contribution in [1.29, 1.82) is 0 Å². The molecule has 14 heavy (non-hydrogen) atoms. The monoisotopic (exact) mass is 199 g/mol. The summed E-state index contributed by atoms with van der Waals surface area (Å²) in [5.41, 5.74) is 5.92. The summed E-state index contributed by atoms with van der Waals surface area (Å²) < 4.78 is 9.92. The fourth-order valence-corrected chi connectivity index (χ4v) is 1.09. The smallest absolute Gasteiger partial charge is 0.243 e. The molecule has 0 fully saturated rings. The molecule has 5 nitrogen and oxygen atoms in total. The van der Waals surface area contributed by atoms with Crippen LogP contribution in [0.2, 0.25) is 0 Å². The molecule has 0 aliphatic heterocycles.